The van der Waals surface area contributed by atoms with Crippen molar-refractivity contribution in [2.24, 2.45) is 35.0 Å². The second-order valence-corrected chi connectivity index (χ2v) is 11.7. The largest absolute Gasteiger partial charge is 0.359 e. The van der Waals surface area contributed by atoms with Crippen LogP contribution in [0.5, 0.6) is 0 Å². The normalized spacial score (nSPS) is 49.2. The Labute approximate surface area is 188 Å². The predicted octanol–water partition coefficient (Wildman–Crippen LogP) is 3.74. The highest BCUT2D eigenvalue weighted by molar-refractivity contribution is 5.95. The number of Topliss-reactive ketones (excluding diaryl/α,β-unsaturated/α-hetero) is 2. The van der Waals surface area contributed by atoms with Crippen molar-refractivity contribution in [3.05, 3.63) is 41.6 Å². The predicted molar refractivity (Wildman–Crippen MR) is 116 cm³/mol. The van der Waals surface area contributed by atoms with Crippen molar-refractivity contribution in [3.63, 3.8) is 0 Å². The van der Waals surface area contributed by atoms with Gasteiger partial charge in [-0.25, -0.2) is 0 Å². The molecule has 8 aliphatic rings. The van der Waals surface area contributed by atoms with Crippen molar-refractivity contribution in [3.8, 4) is 0 Å². The number of nitrogens with zero attached hydrogens (tertiary/aromatic N) is 1. The second-order valence-electron chi connectivity index (χ2n) is 11.7. The van der Waals surface area contributed by atoms with Gasteiger partial charge in [0.1, 0.15) is 0 Å². The molecule has 9 rings (SSSR count). The van der Waals surface area contributed by atoms with Gasteiger partial charge in [0, 0.05) is 17.5 Å². The van der Waals surface area contributed by atoms with E-state index in [0.29, 0.717) is 12.4 Å². The first kappa shape index (κ1) is 18.4. The molecule has 166 valence electrons. The van der Waals surface area contributed by atoms with E-state index in [1.54, 1.807) is 0 Å². The van der Waals surface area contributed by atoms with Gasteiger partial charge in [-0.15, -0.1) is 0 Å². The Kier molecular flexibility index (Phi) is 3.53. The number of ether oxygens (including phenoxy) is 2. The first-order valence-electron chi connectivity index (χ1n) is 12.5. The molecule has 0 N–H and O–H groups in total. The summed E-state index contributed by atoms with van der Waals surface area (Å²) in [7, 11) is 0. The van der Waals surface area contributed by atoms with Crippen LogP contribution >= 0.6 is 0 Å². The number of hydrogen-bond donors (Lipinski definition) is 0. The Bertz CT molecular complexity index is 1030. The molecule has 0 unspecified atom stereocenters. The molecule has 0 spiro atoms. The van der Waals surface area contributed by atoms with Crippen LogP contribution in [0.1, 0.15) is 55.7 Å². The van der Waals surface area contributed by atoms with Gasteiger partial charge in [0.05, 0.1) is 30.7 Å². The van der Waals surface area contributed by atoms with Crippen molar-refractivity contribution in [1.82, 2.24) is 4.90 Å². The molecule has 1 aromatic carbocycles. The molecule has 0 amide bonds. The molecule has 6 bridgehead atoms. The van der Waals surface area contributed by atoms with Crippen LogP contribution in [0.25, 0.3) is 6.08 Å². The van der Waals surface area contributed by atoms with E-state index < -0.39 is 6.29 Å². The van der Waals surface area contributed by atoms with E-state index in [4.69, 9.17) is 9.47 Å². The first-order valence-corrected chi connectivity index (χ1v) is 12.5. The Hall–Kier alpha value is -1.98. The lowest BCUT2D eigenvalue weighted by Gasteiger charge is -2.57. The number of ketones is 2. The zero-order chi connectivity index (χ0) is 21.2. The highest BCUT2D eigenvalue weighted by Gasteiger charge is 2.66. The summed E-state index contributed by atoms with van der Waals surface area (Å²) in [6, 6.07) is 7.96. The zero-order valence-electron chi connectivity index (χ0n) is 18.2. The van der Waals surface area contributed by atoms with Crippen molar-refractivity contribution >= 4 is 17.6 Å². The maximum Gasteiger partial charge on any atom is 0.218 e. The third kappa shape index (κ3) is 2.22. The van der Waals surface area contributed by atoms with Crippen molar-refractivity contribution < 1.29 is 19.1 Å². The summed E-state index contributed by atoms with van der Waals surface area (Å²) >= 11 is 0. The van der Waals surface area contributed by atoms with Gasteiger partial charge in [0.25, 0.3) is 0 Å². The fraction of sp³-hybridized carbons (Fsp3) is 0.630. The number of carbonyl (C=O) groups excluding carboxylic acids is 2. The van der Waals surface area contributed by atoms with Crippen LogP contribution in [-0.4, -0.2) is 41.5 Å². The van der Waals surface area contributed by atoms with Gasteiger partial charge in [0.15, 0.2) is 11.6 Å². The van der Waals surface area contributed by atoms with Crippen LogP contribution in [0, 0.1) is 35.0 Å². The molecule has 7 fully saturated rings. The maximum atomic E-state index is 14.6. The fourth-order valence-electron chi connectivity index (χ4n) is 9.35. The molecule has 5 heteroatoms. The van der Waals surface area contributed by atoms with Gasteiger partial charge in [-0.3, -0.25) is 9.59 Å². The van der Waals surface area contributed by atoms with Crippen LogP contribution < -0.4 is 0 Å². The number of fused-ring (bicyclic) bond motifs is 8. The van der Waals surface area contributed by atoms with Gasteiger partial charge >= 0.3 is 0 Å². The molecule has 32 heavy (non-hydrogen) atoms. The number of hydrogen-bond acceptors (Lipinski definition) is 5. The molecule has 4 saturated carbocycles. The van der Waals surface area contributed by atoms with Crippen molar-refractivity contribution in [2.75, 3.05) is 6.61 Å². The minimum atomic E-state index is -0.755. The van der Waals surface area contributed by atoms with Crippen LogP contribution in [0.3, 0.4) is 0 Å². The van der Waals surface area contributed by atoms with Gasteiger partial charge in [-0.05, 0) is 73.5 Å². The van der Waals surface area contributed by atoms with E-state index in [0.717, 1.165) is 42.6 Å². The standard InChI is InChI=1S/C27H29NO4/c29-24-21-20(19-13-31-26(24)32-19)23(28-6-5-17-3-1-2-4-18(17)22(21)28)25(30)27-10-14-7-15(11-27)9-16(8-14)12-27/h1-6,14-16,19-23,26H,7-13H2/t14?,15?,16?,19-,20+,21-,22+,23-,26-,27?/m1/s1. The highest BCUT2D eigenvalue weighted by Crippen LogP contribution is 2.63. The van der Waals surface area contributed by atoms with Crippen LogP contribution in [0.15, 0.2) is 30.5 Å². The summed E-state index contributed by atoms with van der Waals surface area (Å²) in [5.74, 6) is 2.24. The summed E-state index contributed by atoms with van der Waals surface area (Å²) < 4.78 is 11.8. The monoisotopic (exact) mass is 431 g/mol. The molecule has 0 aromatic heterocycles. The molecule has 3 saturated heterocycles. The summed E-state index contributed by atoms with van der Waals surface area (Å²) in [6.07, 6.45) is 10.5. The Balaban J connectivity index is 1.26. The lowest BCUT2D eigenvalue weighted by atomic mass is 9.47. The van der Waals surface area contributed by atoms with E-state index in [1.165, 1.54) is 24.8 Å². The summed E-state index contributed by atoms with van der Waals surface area (Å²) in [5.41, 5.74) is 2.13. The molecule has 4 heterocycles. The minimum Gasteiger partial charge on any atom is -0.359 e. The topological polar surface area (TPSA) is 55.8 Å². The lowest BCUT2D eigenvalue weighted by molar-refractivity contribution is -0.166. The smallest absolute Gasteiger partial charge is 0.218 e. The average Bonchev–Trinajstić information content (AvgIpc) is 3.37. The van der Waals surface area contributed by atoms with Crippen LogP contribution in [-0.2, 0) is 19.1 Å². The number of carbonyl (C=O) groups is 2. The highest BCUT2D eigenvalue weighted by atomic mass is 16.7. The van der Waals surface area contributed by atoms with Gasteiger partial charge in [0.2, 0.25) is 6.29 Å². The quantitative estimate of drug-likeness (QED) is 0.714. The average molecular weight is 432 g/mol. The van der Waals surface area contributed by atoms with Crippen molar-refractivity contribution in [2.45, 2.75) is 63.0 Å². The van der Waals surface area contributed by atoms with Crippen LogP contribution in [0.2, 0.25) is 0 Å². The SMILES string of the molecule is O=C1[C@@H]2OC[C@@H](O2)[C@H]2[C@@H]1[C@@H]1c3ccccc3C=CN1[C@H]2C(=O)C12CC3CC(CC(C3)C1)C2. The van der Waals surface area contributed by atoms with Gasteiger partial charge in [-0.2, -0.15) is 0 Å². The Morgan fingerprint density at radius 2 is 1.75 bits per heavy atom. The third-order valence-electron chi connectivity index (χ3n) is 10.0. The summed E-state index contributed by atoms with van der Waals surface area (Å²) in [4.78, 5) is 30.4. The Morgan fingerprint density at radius 3 is 2.50 bits per heavy atom. The molecule has 4 aliphatic heterocycles. The van der Waals surface area contributed by atoms with E-state index >= 15 is 0 Å². The maximum absolute atomic E-state index is 14.6. The first-order chi connectivity index (χ1) is 15.6. The lowest BCUT2D eigenvalue weighted by Crippen LogP contribution is -2.57. The van der Waals surface area contributed by atoms with E-state index in [9.17, 15) is 9.59 Å². The summed E-state index contributed by atoms with van der Waals surface area (Å²) in [5, 5.41) is 0. The fourth-order valence-corrected chi connectivity index (χ4v) is 9.35. The second kappa shape index (κ2) is 6.12. The number of rotatable bonds is 2. The number of benzene rings is 1. The van der Waals surface area contributed by atoms with Gasteiger partial charge in [-0.1, -0.05) is 24.3 Å². The van der Waals surface area contributed by atoms with E-state index in [1.807, 2.05) is 12.1 Å². The van der Waals surface area contributed by atoms with E-state index in [2.05, 4.69) is 29.3 Å². The molecule has 1 aromatic rings. The molecule has 0 radical (unpaired) electrons. The minimum absolute atomic E-state index is 0.0321. The third-order valence-corrected chi connectivity index (χ3v) is 10.0. The molecule has 5 nitrogen and oxygen atoms in total. The Morgan fingerprint density at radius 1 is 1.03 bits per heavy atom. The summed E-state index contributed by atoms with van der Waals surface area (Å²) in [6.45, 7) is 0.425. The van der Waals surface area contributed by atoms with Crippen molar-refractivity contribution in [1.29, 1.82) is 0 Å². The molecular weight excluding hydrogens is 402 g/mol. The molecular formula is C27H29NO4. The molecule has 4 aliphatic carbocycles. The molecule has 6 atom stereocenters. The van der Waals surface area contributed by atoms with E-state index in [-0.39, 0.29) is 41.2 Å². The van der Waals surface area contributed by atoms with Gasteiger partial charge < -0.3 is 14.4 Å². The van der Waals surface area contributed by atoms with Crippen LogP contribution in [0.4, 0.5) is 0 Å². The zero-order valence-corrected chi connectivity index (χ0v) is 18.2.